The van der Waals surface area contributed by atoms with Gasteiger partial charge in [0.25, 0.3) is 5.91 Å². The Balaban J connectivity index is 1.98. The van der Waals surface area contributed by atoms with Gasteiger partial charge in [0, 0.05) is 13.0 Å². The Kier molecular flexibility index (Phi) is 6.76. The molecule has 1 aliphatic rings. The van der Waals surface area contributed by atoms with E-state index in [1.165, 1.54) is 23.6 Å². The predicted molar refractivity (Wildman–Crippen MR) is 103 cm³/mol. The minimum atomic E-state index is -1.12. The molecule has 7 nitrogen and oxygen atoms in total. The molecule has 1 aliphatic heterocycles. The summed E-state index contributed by atoms with van der Waals surface area (Å²) >= 11 is 6.38. The largest absolute Gasteiger partial charge is 0.497 e. The molecule has 1 saturated heterocycles. The lowest BCUT2D eigenvalue weighted by Gasteiger charge is -2.15. The highest BCUT2D eigenvalue weighted by Crippen LogP contribution is 2.32. The van der Waals surface area contributed by atoms with Gasteiger partial charge in [-0.25, -0.2) is 0 Å². The number of thioether (sulfide) groups is 1. The summed E-state index contributed by atoms with van der Waals surface area (Å²) in [5, 5.41) is 11.1. The highest BCUT2D eigenvalue weighted by Gasteiger charge is 2.32. The second-order valence-electron chi connectivity index (χ2n) is 5.48. The van der Waals surface area contributed by atoms with Gasteiger partial charge in [0.2, 0.25) is 5.91 Å². The van der Waals surface area contributed by atoms with Crippen molar-refractivity contribution in [1.29, 1.82) is 0 Å². The number of thiocarbonyl (C=S) groups is 1. The third-order valence-electron chi connectivity index (χ3n) is 3.60. The molecule has 1 unspecified atom stereocenters. The molecule has 2 rings (SSSR count). The van der Waals surface area contributed by atoms with Crippen molar-refractivity contribution in [3.63, 3.8) is 0 Å². The number of carbonyl (C=O) groups excluding carboxylic acids is 2. The van der Waals surface area contributed by atoms with E-state index in [1.807, 2.05) is 12.1 Å². The molecule has 2 N–H and O–H groups in total. The molecular weight excluding hydrogens is 376 g/mol. The number of methoxy groups -OCH3 is 1. The van der Waals surface area contributed by atoms with Gasteiger partial charge in [-0.3, -0.25) is 19.3 Å². The van der Waals surface area contributed by atoms with Gasteiger partial charge in [0.15, 0.2) is 0 Å². The topological polar surface area (TPSA) is 95.9 Å². The van der Waals surface area contributed by atoms with Gasteiger partial charge in [-0.1, -0.05) is 36.1 Å². The van der Waals surface area contributed by atoms with Crippen molar-refractivity contribution in [1.82, 2.24) is 10.2 Å². The van der Waals surface area contributed by atoms with Crippen LogP contribution in [0.3, 0.4) is 0 Å². The van der Waals surface area contributed by atoms with Crippen LogP contribution in [0.15, 0.2) is 29.2 Å². The van der Waals surface area contributed by atoms with Crippen molar-refractivity contribution in [2.24, 2.45) is 0 Å². The van der Waals surface area contributed by atoms with Gasteiger partial charge in [-0.15, -0.1) is 0 Å². The van der Waals surface area contributed by atoms with E-state index in [4.69, 9.17) is 22.1 Å². The van der Waals surface area contributed by atoms with Crippen molar-refractivity contribution in [3.8, 4) is 5.75 Å². The molecule has 1 fully saturated rings. The molecule has 0 bridgehead atoms. The standard InChI is InChI=1S/C17H18N2O5S2/c1-10(16(22)23)18-14(20)7-8-19-15(21)13(26-17(19)25)9-11-3-5-12(24-2)6-4-11/h3-6,9-10H,7-8H2,1-2H3,(H,18,20)(H,22,23)/b13-9-. The van der Waals surface area contributed by atoms with Gasteiger partial charge >= 0.3 is 5.97 Å². The van der Waals surface area contributed by atoms with Crippen LogP contribution in [0.4, 0.5) is 0 Å². The second-order valence-corrected chi connectivity index (χ2v) is 7.16. The molecule has 1 aromatic carbocycles. The molecule has 0 aromatic heterocycles. The fraction of sp³-hybridized carbons (Fsp3) is 0.294. The monoisotopic (exact) mass is 394 g/mol. The van der Waals surface area contributed by atoms with E-state index >= 15 is 0 Å². The number of carboxylic acid groups (broad SMARTS) is 1. The Morgan fingerprint density at radius 1 is 1.38 bits per heavy atom. The SMILES string of the molecule is COc1ccc(/C=C2\SC(=S)N(CCC(=O)NC(C)C(=O)O)C2=O)cc1. The van der Waals surface area contributed by atoms with Crippen LogP contribution in [0.25, 0.3) is 6.08 Å². The average Bonchev–Trinajstić information content (AvgIpc) is 2.87. The maximum absolute atomic E-state index is 12.5. The zero-order chi connectivity index (χ0) is 19.3. The first kappa shape index (κ1) is 19.9. The molecule has 0 aliphatic carbocycles. The first-order valence-corrected chi connectivity index (χ1v) is 8.96. The third kappa shape index (κ3) is 5.06. The number of carbonyl (C=O) groups is 3. The Hall–Kier alpha value is -2.39. The highest BCUT2D eigenvalue weighted by molar-refractivity contribution is 8.26. The summed E-state index contributed by atoms with van der Waals surface area (Å²) in [4.78, 5) is 36.8. The minimum absolute atomic E-state index is 0.0279. The molecule has 1 heterocycles. The number of amides is 2. The predicted octanol–water partition coefficient (Wildman–Crippen LogP) is 1.88. The van der Waals surface area contributed by atoms with Crippen LogP contribution in [0.5, 0.6) is 5.75 Å². The van der Waals surface area contributed by atoms with Crippen molar-refractivity contribution in [2.75, 3.05) is 13.7 Å². The Morgan fingerprint density at radius 2 is 2.04 bits per heavy atom. The second kappa shape index (κ2) is 8.81. The number of aliphatic carboxylic acids is 1. The van der Waals surface area contributed by atoms with Gasteiger partial charge in [0.1, 0.15) is 16.1 Å². The third-order valence-corrected chi connectivity index (χ3v) is 4.98. The number of nitrogens with zero attached hydrogens (tertiary/aromatic N) is 1. The minimum Gasteiger partial charge on any atom is -0.497 e. The van der Waals surface area contributed by atoms with Gasteiger partial charge in [-0.2, -0.15) is 0 Å². The number of nitrogens with one attached hydrogen (secondary N) is 1. The van der Waals surface area contributed by atoms with Gasteiger partial charge in [-0.05, 0) is 30.7 Å². The Morgan fingerprint density at radius 3 is 2.62 bits per heavy atom. The van der Waals surface area contributed by atoms with Crippen LogP contribution in [-0.2, 0) is 14.4 Å². The Bertz CT molecular complexity index is 761. The molecule has 0 spiro atoms. The number of carboxylic acids is 1. The normalized spacial score (nSPS) is 16.7. The number of rotatable bonds is 7. The molecule has 0 saturated carbocycles. The molecule has 9 heteroatoms. The quantitative estimate of drug-likeness (QED) is 0.538. The highest BCUT2D eigenvalue weighted by atomic mass is 32.2. The first-order valence-electron chi connectivity index (χ1n) is 7.73. The summed E-state index contributed by atoms with van der Waals surface area (Å²) in [7, 11) is 1.58. The fourth-order valence-electron chi connectivity index (χ4n) is 2.13. The maximum atomic E-state index is 12.5. The van der Waals surface area contributed by atoms with E-state index in [0.29, 0.717) is 9.23 Å². The number of ether oxygens (including phenoxy) is 1. The van der Waals surface area contributed by atoms with Crippen molar-refractivity contribution in [2.45, 2.75) is 19.4 Å². The number of hydrogen-bond acceptors (Lipinski definition) is 6. The molecule has 2 amide bonds. The lowest BCUT2D eigenvalue weighted by Crippen LogP contribution is -2.40. The average molecular weight is 394 g/mol. The van der Waals surface area contributed by atoms with Crippen molar-refractivity contribution in [3.05, 3.63) is 34.7 Å². The van der Waals surface area contributed by atoms with Crippen LogP contribution in [0, 0.1) is 0 Å². The van der Waals surface area contributed by atoms with Crippen molar-refractivity contribution >= 4 is 52.2 Å². The number of benzene rings is 1. The van der Waals surface area contributed by atoms with E-state index in [9.17, 15) is 14.4 Å². The van der Waals surface area contributed by atoms with Gasteiger partial charge in [0.05, 0.1) is 12.0 Å². The summed E-state index contributed by atoms with van der Waals surface area (Å²) in [6.45, 7) is 1.47. The number of hydrogen-bond donors (Lipinski definition) is 2. The molecule has 26 heavy (non-hydrogen) atoms. The zero-order valence-corrected chi connectivity index (χ0v) is 15.9. The summed E-state index contributed by atoms with van der Waals surface area (Å²) in [6, 6.07) is 6.25. The lowest BCUT2D eigenvalue weighted by atomic mass is 10.2. The molecule has 1 atom stereocenters. The summed E-state index contributed by atoms with van der Waals surface area (Å²) in [5.74, 6) is -1.12. The van der Waals surface area contributed by atoms with Crippen molar-refractivity contribution < 1.29 is 24.2 Å². The van der Waals surface area contributed by atoms with E-state index in [1.54, 1.807) is 25.3 Å². The van der Waals surface area contributed by atoms with E-state index in [-0.39, 0.29) is 18.9 Å². The molecular formula is C17H18N2O5S2. The van der Waals surface area contributed by atoms with Gasteiger partial charge < -0.3 is 15.2 Å². The van der Waals surface area contributed by atoms with E-state index in [0.717, 1.165) is 11.3 Å². The van der Waals surface area contributed by atoms with Crippen LogP contribution < -0.4 is 10.1 Å². The van der Waals surface area contributed by atoms with E-state index < -0.39 is 17.9 Å². The van der Waals surface area contributed by atoms with Crippen LogP contribution in [0.1, 0.15) is 18.9 Å². The molecule has 0 radical (unpaired) electrons. The summed E-state index contributed by atoms with van der Waals surface area (Å²) in [6.07, 6.45) is 1.70. The molecule has 138 valence electrons. The van der Waals surface area contributed by atoms with Crippen LogP contribution in [0.2, 0.25) is 0 Å². The summed E-state index contributed by atoms with van der Waals surface area (Å²) < 4.78 is 5.46. The maximum Gasteiger partial charge on any atom is 0.325 e. The van der Waals surface area contributed by atoms with Crippen LogP contribution >= 0.6 is 24.0 Å². The van der Waals surface area contributed by atoms with Crippen LogP contribution in [-0.4, -0.2) is 51.8 Å². The zero-order valence-electron chi connectivity index (χ0n) is 14.2. The molecule has 1 aromatic rings. The smallest absolute Gasteiger partial charge is 0.325 e. The fourth-order valence-corrected chi connectivity index (χ4v) is 3.44. The summed E-state index contributed by atoms with van der Waals surface area (Å²) in [5.41, 5.74) is 0.833. The lowest BCUT2D eigenvalue weighted by molar-refractivity contribution is -0.141. The Labute approximate surface area is 160 Å². The van der Waals surface area contributed by atoms with E-state index in [2.05, 4.69) is 5.32 Å². The first-order chi connectivity index (χ1) is 12.3.